The number of carbonyl (C=O) groups is 1. The van der Waals surface area contributed by atoms with Gasteiger partial charge in [-0.2, -0.15) is 5.26 Å². The fourth-order valence-electron chi connectivity index (χ4n) is 3.01. The van der Waals surface area contributed by atoms with Gasteiger partial charge in [0.05, 0.1) is 0 Å². The molecule has 0 atom stereocenters. The Labute approximate surface area is 153 Å². The highest BCUT2D eigenvalue weighted by atomic mass is 16.1. The van der Waals surface area contributed by atoms with Crippen molar-refractivity contribution in [2.45, 2.75) is 40.7 Å². The van der Waals surface area contributed by atoms with Gasteiger partial charge in [0, 0.05) is 35.8 Å². The van der Waals surface area contributed by atoms with E-state index in [0.29, 0.717) is 5.56 Å². The van der Waals surface area contributed by atoms with Crippen molar-refractivity contribution in [3.05, 3.63) is 59.2 Å². The predicted octanol–water partition coefficient (Wildman–Crippen LogP) is 4.14. The first-order chi connectivity index (χ1) is 12.3. The molecule has 0 fully saturated rings. The van der Waals surface area contributed by atoms with Crippen molar-refractivity contribution in [3.63, 3.8) is 0 Å². The number of nitrogens with zero attached hydrogens (tertiary/aromatic N) is 4. The van der Waals surface area contributed by atoms with Gasteiger partial charge in [-0.15, -0.1) is 0 Å². The molecule has 26 heavy (non-hydrogen) atoms. The number of rotatable bonds is 4. The van der Waals surface area contributed by atoms with Gasteiger partial charge in [-0.3, -0.25) is 4.79 Å². The van der Waals surface area contributed by atoms with Gasteiger partial charge in [0.25, 0.3) is 0 Å². The van der Waals surface area contributed by atoms with E-state index in [1.54, 1.807) is 13.1 Å². The molecular formula is C21H22N4O. The van der Waals surface area contributed by atoms with Gasteiger partial charge in [-0.25, -0.2) is 9.97 Å². The van der Waals surface area contributed by atoms with Crippen LogP contribution < -0.4 is 0 Å². The normalized spacial score (nSPS) is 11.5. The van der Waals surface area contributed by atoms with Gasteiger partial charge >= 0.3 is 0 Å². The average Bonchev–Trinajstić information content (AvgIpc) is 2.90. The van der Waals surface area contributed by atoms with E-state index in [1.165, 1.54) is 0 Å². The van der Waals surface area contributed by atoms with E-state index in [2.05, 4.69) is 41.4 Å². The summed E-state index contributed by atoms with van der Waals surface area (Å²) in [5.74, 6) is 0.251. The second kappa shape index (κ2) is 6.72. The summed E-state index contributed by atoms with van der Waals surface area (Å²) >= 11 is 0. The number of benzene rings is 1. The molecule has 0 aliphatic rings. The molecule has 0 radical (unpaired) electrons. The maximum Gasteiger partial charge on any atom is 0.234 e. The number of aromatic nitrogens is 3. The minimum atomic E-state index is 0.0664. The average molecular weight is 346 g/mol. The van der Waals surface area contributed by atoms with Crippen molar-refractivity contribution in [1.29, 1.82) is 5.26 Å². The van der Waals surface area contributed by atoms with Crippen LogP contribution in [0, 0.1) is 16.7 Å². The van der Waals surface area contributed by atoms with Gasteiger partial charge in [0.2, 0.25) is 5.82 Å². The molecule has 0 unspecified atom stereocenters. The van der Waals surface area contributed by atoms with Gasteiger partial charge in [-0.1, -0.05) is 45.0 Å². The van der Waals surface area contributed by atoms with Gasteiger partial charge in [-0.05, 0) is 24.0 Å². The predicted molar refractivity (Wildman–Crippen MR) is 101 cm³/mol. The molecule has 0 aliphatic carbocycles. The fourth-order valence-corrected chi connectivity index (χ4v) is 3.01. The van der Waals surface area contributed by atoms with E-state index >= 15 is 0 Å². The second-order valence-corrected chi connectivity index (χ2v) is 7.80. The molecule has 0 saturated heterocycles. The second-order valence-electron chi connectivity index (χ2n) is 7.80. The number of nitriles is 1. The SMILES string of the molecule is CC(=O)c1ccc(Cc2cc3cnc(C#N)nc3n2CC(C)(C)C)cc1. The van der Waals surface area contributed by atoms with Crippen molar-refractivity contribution in [2.24, 2.45) is 5.41 Å². The molecule has 0 aliphatic heterocycles. The highest BCUT2D eigenvalue weighted by Crippen LogP contribution is 2.26. The number of fused-ring (bicyclic) bond motifs is 1. The van der Waals surface area contributed by atoms with Crippen molar-refractivity contribution in [2.75, 3.05) is 0 Å². The Morgan fingerprint density at radius 3 is 2.50 bits per heavy atom. The molecule has 3 aromatic rings. The van der Waals surface area contributed by atoms with Crippen LogP contribution in [-0.2, 0) is 13.0 Å². The van der Waals surface area contributed by atoms with Crippen LogP contribution in [0.15, 0.2) is 36.5 Å². The van der Waals surface area contributed by atoms with Crippen LogP contribution >= 0.6 is 0 Å². The molecule has 3 rings (SSSR count). The quantitative estimate of drug-likeness (QED) is 0.666. The third-order valence-electron chi connectivity index (χ3n) is 4.20. The minimum absolute atomic E-state index is 0.0664. The van der Waals surface area contributed by atoms with Crippen LogP contribution in [-0.4, -0.2) is 20.3 Å². The van der Waals surface area contributed by atoms with E-state index < -0.39 is 0 Å². The summed E-state index contributed by atoms with van der Waals surface area (Å²) in [5, 5.41) is 10.1. The van der Waals surface area contributed by atoms with Gasteiger partial charge in [0.15, 0.2) is 5.78 Å². The number of hydrogen-bond acceptors (Lipinski definition) is 4. The molecule has 0 saturated carbocycles. The van der Waals surface area contributed by atoms with Crippen molar-refractivity contribution < 1.29 is 4.79 Å². The molecule has 2 aromatic heterocycles. The molecule has 0 spiro atoms. The monoisotopic (exact) mass is 346 g/mol. The Morgan fingerprint density at radius 2 is 1.92 bits per heavy atom. The van der Waals surface area contributed by atoms with Crippen LogP contribution in [0.2, 0.25) is 0 Å². The molecule has 5 nitrogen and oxygen atoms in total. The lowest BCUT2D eigenvalue weighted by atomic mass is 9.96. The lowest BCUT2D eigenvalue weighted by Gasteiger charge is -2.21. The summed E-state index contributed by atoms with van der Waals surface area (Å²) < 4.78 is 2.18. The molecule has 0 amide bonds. The Bertz CT molecular complexity index is 1000. The first-order valence-corrected chi connectivity index (χ1v) is 8.62. The summed E-state index contributed by atoms with van der Waals surface area (Å²) in [6.07, 6.45) is 2.44. The smallest absolute Gasteiger partial charge is 0.234 e. The minimum Gasteiger partial charge on any atom is -0.329 e. The lowest BCUT2D eigenvalue weighted by molar-refractivity contribution is 0.101. The highest BCUT2D eigenvalue weighted by molar-refractivity contribution is 5.94. The van der Waals surface area contributed by atoms with E-state index in [9.17, 15) is 4.79 Å². The first-order valence-electron chi connectivity index (χ1n) is 8.62. The van der Waals surface area contributed by atoms with E-state index in [1.807, 2.05) is 30.3 Å². The molecule has 1 aromatic carbocycles. The molecule has 5 heteroatoms. The third kappa shape index (κ3) is 3.80. The van der Waals surface area contributed by atoms with E-state index in [4.69, 9.17) is 5.26 Å². The van der Waals surface area contributed by atoms with Gasteiger partial charge < -0.3 is 4.57 Å². The topological polar surface area (TPSA) is 71.6 Å². The zero-order valence-electron chi connectivity index (χ0n) is 15.6. The Kier molecular flexibility index (Phi) is 4.60. The zero-order chi connectivity index (χ0) is 18.9. The molecule has 0 bridgehead atoms. The summed E-state index contributed by atoms with van der Waals surface area (Å²) in [5.41, 5.74) is 3.82. The Morgan fingerprint density at radius 1 is 1.23 bits per heavy atom. The highest BCUT2D eigenvalue weighted by Gasteiger charge is 2.18. The third-order valence-corrected chi connectivity index (χ3v) is 4.20. The summed E-state index contributed by atoms with van der Waals surface area (Å²) in [7, 11) is 0. The van der Waals surface area contributed by atoms with Gasteiger partial charge in [0.1, 0.15) is 11.7 Å². The van der Waals surface area contributed by atoms with Crippen LogP contribution in [0.4, 0.5) is 0 Å². The van der Waals surface area contributed by atoms with Crippen molar-refractivity contribution >= 4 is 16.8 Å². The summed E-state index contributed by atoms with van der Waals surface area (Å²) in [6, 6.07) is 11.8. The largest absolute Gasteiger partial charge is 0.329 e. The van der Waals surface area contributed by atoms with Crippen molar-refractivity contribution in [3.8, 4) is 6.07 Å². The van der Waals surface area contributed by atoms with E-state index in [-0.39, 0.29) is 17.0 Å². The maximum atomic E-state index is 11.5. The Hall–Kier alpha value is -3.00. The summed E-state index contributed by atoms with van der Waals surface area (Å²) in [4.78, 5) is 20.0. The molecular weight excluding hydrogens is 324 g/mol. The Balaban J connectivity index is 2.04. The van der Waals surface area contributed by atoms with Crippen LogP contribution in [0.5, 0.6) is 0 Å². The van der Waals surface area contributed by atoms with Crippen molar-refractivity contribution in [1.82, 2.24) is 14.5 Å². The number of ketones is 1. The first kappa shape index (κ1) is 17.8. The summed E-state index contributed by atoms with van der Waals surface area (Å²) in [6.45, 7) is 8.89. The van der Waals surface area contributed by atoms with E-state index in [0.717, 1.165) is 35.3 Å². The standard InChI is InChI=1S/C21H22N4O/c1-14(26)16-7-5-15(6-8-16)9-18-10-17-12-23-19(11-22)24-20(17)25(18)13-21(2,3)4/h5-8,10,12H,9,13H2,1-4H3. The number of hydrogen-bond donors (Lipinski definition) is 0. The molecule has 132 valence electrons. The number of Topliss-reactive ketones (excluding diaryl/α,β-unsaturated/α-hetero) is 1. The molecule has 2 heterocycles. The zero-order valence-corrected chi connectivity index (χ0v) is 15.6. The molecule has 0 N–H and O–H groups in total. The lowest BCUT2D eigenvalue weighted by Crippen LogP contribution is -2.18. The van der Waals surface area contributed by atoms with Crippen LogP contribution in [0.1, 0.15) is 55.1 Å². The number of carbonyl (C=O) groups excluding carboxylic acids is 1. The fraction of sp³-hybridized carbons (Fsp3) is 0.333. The van der Waals surface area contributed by atoms with Crippen LogP contribution in [0.3, 0.4) is 0 Å². The van der Waals surface area contributed by atoms with Crippen LogP contribution in [0.25, 0.3) is 11.0 Å². The maximum absolute atomic E-state index is 11.5.